The van der Waals surface area contributed by atoms with E-state index in [1.807, 2.05) is 31.2 Å². The molecule has 0 fully saturated rings. The quantitative estimate of drug-likeness (QED) is 0.880. The van der Waals surface area contributed by atoms with Gasteiger partial charge in [-0.1, -0.05) is 33.8 Å². The molecule has 4 heteroatoms. The molecule has 0 bridgehead atoms. The summed E-state index contributed by atoms with van der Waals surface area (Å²) >= 11 is 5.03. The summed E-state index contributed by atoms with van der Waals surface area (Å²) in [6.45, 7) is 1.86. The minimum absolute atomic E-state index is 0.185. The van der Waals surface area contributed by atoms with Gasteiger partial charge in [-0.05, 0) is 48.9 Å². The van der Waals surface area contributed by atoms with Gasteiger partial charge in [-0.2, -0.15) is 0 Å². The SMILES string of the molecule is CC(N)c1cc(F)ccc1Sc1cccc(Br)c1. The molecule has 0 saturated heterocycles. The average Bonchev–Trinajstić information content (AvgIpc) is 2.31. The van der Waals surface area contributed by atoms with Gasteiger partial charge in [0, 0.05) is 20.3 Å². The van der Waals surface area contributed by atoms with Crippen molar-refractivity contribution in [2.75, 3.05) is 0 Å². The second-order valence-electron chi connectivity index (χ2n) is 4.03. The molecule has 94 valence electrons. The third-order valence-corrected chi connectivity index (χ3v) is 4.06. The molecule has 0 heterocycles. The minimum atomic E-state index is -0.249. The van der Waals surface area contributed by atoms with Crippen LogP contribution >= 0.6 is 27.7 Å². The van der Waals surface area contributed by atoms with Crippen molar-refractivity contribution < 1.29 is 4.39 Å². The van der Waals surface area contributed by atoms with Crippen LogP contribution in [0.4, 0.5) is 4.39 Å². The van der Waals surface area contributed by atoms with E-state index in [0.29, 0.717) is 0 Å². The first-order valence-electron chi connectivity index (χ1n) is 5.54. The second kappa shape index (κ2) is 5.87. The van der Waals surface area contributed by atoms with Crippen molar-refractivity contribution in [1.29, 1.82) is 0 Å². The fourth-order valence-corrected chi connectivity index (χ4v) is 3.26. The lowest BCUT2D eigenvalue weighted by molar-refractivity contribution is 0.619. The molecular formula is C14H13BrFNS. The fourth-order valence-electron chi connectivity index (χ4n) is 1.63. The van der Waals surface area contributed by atoms with E-state index in [2.05, 4.69) is 15.9 Å². The zero-order valence-electron chi connectivity index (χ0n) is 9.86. The molecule has 0 saturated carbocycles. The van der Waals surface area contributed by atoms with E-state index in [1.165, 1.54) is 12.1 Å². The van der Waals surface area contributed by atoms with Crippen molar-refractivity contribution >= 4 is 27.7 Å². The van der Waals surface area contributed by atoms with E-state index < -0.39 is 0 Å². The normalized spacial score (nSPS) is 12.4. The number of benzene rings is 2. The van der Waals surface area contributed by atoms with Gasteiger partial charge in [0.2, 0.25) is 0 Å². The Labute approximate surface area is 119 Å². The van der Waals surface area contributed by atoms with E-state index in [0.717, 1.165) is 19.8 Å². The lowest BCUT2D eigenvalue weighted by Crippen LogP contribution is -2.06. The van der Waals surface area contributed by atoms with Gasteiger partial charge in [-0.3, -0.25) is 0 Å². The molecule has 18 heavy (non-hydrogen) atoms. The van der Waals surface area contributed by atoms with Crippen LogP contribution in [0.2, 0.25) is 0 Å². The van der Waals surface area contributed by atoms with Gasteiger partial charge in [0.05, 0.1) is 0 Å². The maximum atomic E-state index is 13.2. The van der Waals surface area contributed by atoms with E-state index >= 15 is 0 Å². The molecule has 1 atom stereocenters. The van der Waals surface area contributed by atoms with Crippen molar-refractivity contribution in [2.45, 2.75) is 22.8 Å². The third kappa shape index (κ3) is 3.34. The van der Waals surface area contributed by atoms with Gasteiger partial charge in [0.25, 0.3) is 0 Å². The van der Waals surface area contributed by atoms with Crippen LogP contribution in [0.3, 0.4) is 0 Å². The molecule has 0 aliphatic carbocycles. The molecule has 0 aliphatic heterocycles. The molecule has 2 aromatic rings. The summed E-state index contributed by atoms with van der Waals surface area (Å²) < 4.78 is 14.3. The highest BCUT2D eigenvalue weighted by molar-refractivity contribution is 9.10. The van der Waals surface area contributed by atoms with Gasteiger partial charge in [-0.15, -0.1) is 0 Å². The number of hydrogen-bond acceptors (Lipinski definition) is 2. The largest absolute Gasteiger partial charge is 0.324 e. The van der Waals surface area contributed by atoms with Crippen molar-refractivity contribution in [3.05, 3.63) is 58.3 Å². The van der Waals surface area contributed by atoms with Crippen LogP contribution in [0.15, 0.2) is 56.7 Å². The van der Waals surface area contributed by atoms with Gasteiger partial charge in [0.1, 0.15) is 5.82 Å². The van der Waals surface area contributed by atoms with Crippen LogP contribution in [-0.2, 0) is 0 Å². The second-order valence-corrected chi connectivity index (χ2v) is 6.06. The monoisotopic (exact) mass is 325 g/mol. The molecule has 2 rings (SSSR count). The lowest BCUT2D eigenvalue weighted by atomic mass is 10.1. The fraction of sp³-hybridized carbons (Fsp3) is 0.143. The summed E-state index contributed by atoms with van der Waals surface area (Å²) in [5.41, 5.74) is 6.71. The smallest absolute Gasteiger partial charge is 0.123 e. The molecule has 0 aliphatic rings. The van der Waals surface area contributed by atoms with Gasteiger partial charge >= 0.3 is 0 Å². The zero-order chi connectivity index (χ0) is 13.1. The standard InChI is InChI=1S/C14H13BrFNS/c1-9(17)13-8-11(16)5-6-14(13)18-12-4-2-3-10(15)7-12/h2-9H,17H2,1H3. The Morgan fingerprint density at radius 1 is 1.22 bits per heavy atom. The first-order valence-corrected chi connectivity index (χ1v) is 7.15. The Morgan fingerprint density at radius 3 is 2.67 bits per heavy atom. The molecule has 0 amide bonds. The molecular weight excluding hydrogens is 313 g/mol. The average molecular weight is 326 g/mol. The number of rotatable bonds is 3. The van der Waals surface area contributed by atoms with Gasteiger partial charge < -0.3 is 5.73 Å². The minimum Gasteiger partial charge on any atom is -0.324 e. The maximum absolute atomic E-state index is 13.2. The highest BCUT2D eigenvalue weighted by Gasteiger charge is 2.09. The number of hydrogen-bond donors (Lipinski definition) is 1. The van der Waals surface area contributed by atoms with Gasteiger partial charge in [-0.25, -0.2) is 4.39 Å². The van der Waals surface area contributed by atoms with Crippen molar-refractivity contribution in [3.8, 4) is 0 Å². The van der Waals surface area contributed by atoms with Crippen molar-refractivity contribution in [1.82, 2.24) is 0 Å². The summed E-state index contributed by atoms with van der Waals surface area (Å²) in [5.74, 6) is -0.249. The summed E-state index contributed by atoms with van der Waals surface area (Å²) in [6.07, 6.45) is 0. The van der Waals surface area contributed by atoms with Crippen molar-refractivity contribution in [2.24, 2.45) is 5.73 Å². The summed E-state index contributed by atoms with van der Waals surface area (Å²) in [5, 5.41) is 0. The maximum Gasteiger partial charge on any atom is 0.123 e. The number of halogens is 2. The Morgan fingerprint density at radius 2 is 2.00 bits per heavy atom. The van der Waals surface area contributed by atoms with E-state index in [4.69, 9.17) is 5.73 Å². The topological polar surface area (TPSA) is 26.0 Å². The predicted molar refractivity (Wildman–Crippen MR) is 77.3 cm³/mol. The molecule has 2 aromatic carbocycles. The zero-order valence-corrected chi connectivity index (χ0v) is 12.3. The predicted octanol–water partition coefficient (Wildman–Crippen LogP) is 4.76. The van der Waals surface area contributed by atoms with Crippen LogP contribution in [0.1, 0.15) is 18.5 Å². The van der Waals surface area contributed by atoms with Crippen LogP contribution in [0.25, 0.3) is 0 Å². The summed E-state index contributed by atoms with van der Waals surface area (Å²) in [7, 11) is 0. The molecule has 1 unspecified atom stereocenters. The van der Waals surface area contributed by atoms with Crippen LogP contribution in [0, 0.1) is 5.82 Å². The van der Waals surface area contributed by atoms with E-state index in [-0.39, 0.29) is 11.9 Å². The molecule has 1 nitrogen and oxygen atoms in total. The molecule has 0 spiro atoms. The summed E-state index contributed by atoms with van der Waals surface area (Å²) in [4.78, 5) is 2.09. The third-order valence-electron chi connectivity index (χ3n) is 2.49. The van der Waals surface area contributed by atoms with Crippen LogP contribution in [0.5, 0.6) is 0 Å². The number of nitrogens with two attached hydrogens (primary N) is 1. The summed E-state index contributed by atoms with van der Waals surface area (Å²) in [6, 6.07) is 12.6. The first kappa shape index (κ1) is 13.6. The lowest BCUT2D eigenvalue weighted by Gasteiger charge is -2.12. The highest BCUT2D eigenvalue weighted by atomic mass is 79.9. The van der Waals surface area contributed by atoms with Crippen LogP contribution < -0.4 is 5.73 Å². The highest BCUT2D eigenvalue weighted by Crippen LogP contribution is 2.34. The Balaban J connectivity index is 2.34. The van der Waals surface area contributed by atoms with E-state index in [9.17, 15) is 4.39 Å². The molecule has 0 radical (unpaired) electrons. The Bertz CT molecular complexity index is 557. The first-order chi connectivity index (χ1) is 8.56. The Kier molecular flexibility index (Phi) is 4.43. The molecule has 0 aromatic heterocycles. The Hall–Kier alpha value is -0.840. The van der Waals surface area contributed by atoms with Crippen molar-refractivity contribution in [3.63, 3.8) is 0 Å². The molecule has 2 N–H and O–H groups in total. The van der Waals surface area contributed by atoms with E-state index in [1.54, 1.807) is 17.8 Å². The van der Waals surface area contributed by atoms with Crippen LogP contribution in [-0.4, -0.2) is 0 Å². The van der Waals surface area contributed by atoms with Gasteiger partial charge in [0.15, 0.2) is 0 Å².